The van der Waals surface area contributed by atoms with Crippen LogP contribution in [0.1, 0.15) is 30.4 Å². The van der Waals surface area contributed by atoms with Crippen molar-refractivity contribution >= 4 is 5.96 Å². The highest BCUT2D eigenvalue weighted by Crippen LogP contribution is 2.31. The smallest absolute Gasteiger partial charge is 0.191 e. The lowest BCUT2D eigenvalue weighted by Crippen LogP contribution is -2.40. The summed E-state index contributed by atoms with van der Waals surface area (Å²) in [5.74, 6) is 1.65. The van der Waals surface area contributed by atoms with Gasteiger partial charge in [0.15, 0.2) is 5.96 Å². The maximum Gasteiger partial charge on any atom is 0.191 e. The molecule has 2 aliphatic heterocycles. The molecule has 2 saturated heterocycles. The molecule has 2 N–H and O–H groups in total. The Kier molecular flexibility index (Phi) is 6.83. The minimum Gasteiger partial charge on any atom is -0.379 e. The number of ether oxygens (including phenoxy) is 1. The first-order valence-electron chi connectivity index (χ1n) is 10.9. The van der Waals surface area contributed by atoms with E-state index in [1.807, 2.05) is 7.05 Å². The van der Waals surface area contributed by atoms with Gasteiger partial charge in [-0.1, -0.05) is 24.3 Å². The largest absolute Gasteiger partial charge is 0.379 e. The first kappa shape index (κ1) is 19.7. The topological polar surface area (TPSA) is 52.1 Å². The molecule has 4 rings (SSSR count). The third-order valence-electron chi connectivity index (χ3n) is 6.22. The van der Waals surface area contributed by atoms with Crippen LogP contribution in [0.15, 0.2) is 29.3 Å². The van der Waals surface area contributed by atoms with E-state index in [1.165, 1.54) is 43.5 Å². The highest BCUT2D eigenvalue weighted by Gasteiger charge is 2.34. The van der Waals surface area contributed by atoms with Gasteiger partial charge in [-0.05, 0) is 42.9 Å². The molecular formula is C22H35N5O. The molecule has 6 nitrogen and oxygen atoms in total. The molecule has 1 aromatic rings. The summed E-state index contributed by atoms with van der Waals surface area (Å²) in [5.41, 5.74) is 2.74. The van der Waals surface area contributed by atoms with Crippen LogP contribution < -0.4 is 10.6 Å². The highest BCUT2D eigenvalue weighted by molar-refractivity contribution is 5.79. The number of nitrogens with one attached hydrogen (secondary N) is 2. The fourth-order valence-corrected chi connectivity index (χ4v) is 4.33. The van der Waals surface area contributed by atoms with E-state index in [0.717, 1.165) is 63.9 Å². The Hall–Kier alpha value is -1.63. The normalized spacial score (nSPS) is 24.5. The van der Waals surface area contributed by atoms with Crippen molar-refractivity contribution in [2.45, 2.75) is 38.4 Å². The number of aliphatic imine (C=N–C) groups is 1. The van der Waals surface area contributed by atoms with Crippen molar-refractivity contribution in [1.29, 1.82) is 0 Å². The Labute approximate surface area is 169 Å². The van der Waals surface area contributed by atoms with Crippen molar-refractivity contribution in [2.24, 2.45) is 10.9 Å². The maximum atomic E-state index is 5.47. The SMILES string of the molecule is CN=C(NCc1ccccc1CN1CCOCC1)NCC1CCN(C2CC2)C1. The van der Waals surface area contributed by atoms with Gasteiger partial charge < -0.3 is 20.3 Å². The van der Waals surface area contributed by atoms with Gasteiger partial charge in [0.05, 0.1) is 13.2 Å². The highest BCUT2D eigenvalue weighted by atomic mass is 16.5. The predicted octanol–water partition coefficient (Wildman–Crippen LogP) is 1.67. The minimum atomic E-state index is 0.743. The third kappa shape index (κ3) is 5.46. The number of hydrogen-bond donors (Lipinski definition) is 2. The molecule has 1 aromatic carbocycles. The summed E-state index contributed by atoms with van der Waals surface area (Å²) in [6.45, 7) is 9.06. The molecule has 1 aliphatic carbocycles. The quantitative estimate of drug-likeness (QED) is 0.552. The van der Waals surface area contributed by atoms with E-state index in [9.17, 15) is 0 Å². The van der Waals surface area contributed by atoms with Crippen LogP contribution in [0.4, 0.5) is 0 Å². The lowest BCUT2D eigenvalue weighted by Gasteiger charge is -2.27. The number of nitrogens with zero attached hydrogens (tertiary/aromatic N) is 3. The van der Waals surface area contributed by atoms with Gasteiger partial charge >= 0.3 is 0 Å². The van der Waals surface area contributed by atoms with Crippen LogP contribution in [0.5, 0.6) is 0 Å². The van der Waals surface area contributed by atoms with Crippen LogP contribution in [-0.2, 0) is 17.8 Å². The van der Waals surface area contributed by atoms with Gasteiger partial charge in [0.2, 0.25) is 0 Å². The van der Waals surface area contributed by atoms with E-state index in [4.69, 9.17) is 4.74 Å². The van der Waals surface area contributed by atoms with E-state index in [0.29, 0.717) is 0 Å². The average molecular weight is 386 g/mol. The Morgan fingerprint density at radius 2 is 1.86 bits per heavy atom. The molecule has 28 heavy (non-hydrogen) atoms. The van der Waals surface area contributed by atoms with Gasteiger partial charge in [-0.25, -0.2) is 0 Å². The van der Waals surface area contributed by atoms with E-state index in [1.54, 1.807) is 0 Å². The summed E-state index contributed by atoms with van der Waals surface area (Å²) in [6.07, 6.45) is 4.13. The van der Waals surface area contributed by atoms with Crippen LogP contribution in [-0.4, -0.2) is 74.8 Å². The fraction of sp³-hybridized carbons (Fsp3) is 0.682. The molecule has 1 atom stereocenters. The molecule has 6 heteroatoms. The molecule has 0 amide bonds. The van der Waals surface area contributed by atoms with Gasteiger partial charge in [-0.15, -0.1) is 0 Å². The molecule has 0 radical (unpaired) electrons. The van der Waals surface area contributed by atoms with E-state index in [2.05, 4.69) is 49.7 Å². The number of rotatable bonds is 7. The molecule has 0 aromatic heterocycles. The van der Waals surface area contributed by atoms with E-state index >= 15 is 0 Å². The van der Waals surface area contributed by atoms with Crippen LogP contribution in [0.25, 0.3) is 0 Å². The Bertz CT molecular complexity index is 654. The van der Waals surface area contributed by atoms with Gasteiger partial charge in [-0.2, -0.15) is 0 Å². The van der Waals surface area contributed by atoms with Crippen LogP contribution in [0.3, 0.4) is 0 Å². The van der Waals surface area contributed by atoms with Crippen molar-refractivity contribution in [1.82, 2.24) is 20.4 Å². The number of guanidine groups is 1. The molecule has 1 unspecified atom stereocenters. The van der Waals surface area contributed by atoms with Crippen molar-refractivity contribution in [3.05, 3.63) is 35.4 Å². The number of benzene rings is 1. The van der Waals surface area contributed by atoms with Crippen molar-refractivity contribution in [2.75, 3.05) is 53.0 Å². The minimum absolute atomic E-state index is 0.743. The van der Waals surface area contributed by atoms with Gasteiger partial charge in [0, 0.05) is 52.4 Å². The summed E-state index contributed by atoms with van der Waals surface area (Å²) >= 11 is 0. The molecule has 3 fully saturated rings. The monoisotopic (exact) mass is 385 g/mol. The Morgan fingerprint density at radius 3 is 2.61 bits per heavy atom. The van der Waals surface area contributed by atoms with Gasteiger partial charge in [-0.3, -0.25) is 9.89 Å². The van der Waals surface area contributed by atoms with E-state index < -0.39 is 0 Å². The van der Waals surface area contributed by atoms with Gasteiger partial charge in [0.25, 0.3) is 0 Å². The van der Waals surface area contributed by atoms with Crippen molar-refractivity contribution < 1.29 is 4.74 Å². The maximum absolute atomic E-state index is 5.47. The van der Waals surface area contributed by atoms with Crippen LogP contribution >= 0.6 is 0 Å². The van der Waals surface area contributed by atoms with Crippen molar-refractivity contribution in [3.63, 3.8) is 0 Å². The molecular weight excluding hydrogens is 350 g/mol. The molecule has 0 spiro atoms. The number of likely N-dealkylation sites (tertiary alicyclic amines) is 1. The summed E-state index contributed by atoms with van der Waals surface area (Å²) in [6, 6.07) is 9.62. The van der Waals surface area contributed by atoms with Gasteiger partial charge in [0.1, 0.15) is 0 Å². The number of morpholine rings is 1. The predicted molar refractivity (Wildman–Crippen MR) is 113 cm³/mol. The van der Waals surface area contributed by atoms with Crippen LogP contribution in [0, 0.1) is 5.92 Å². The average Bonchev–Trinajstić information content (AvgIpc) is 3.48. The lowest BCUT2D eigenvalue weighted by molar-refractivity contribution is 0.0341. The summed E-state index contributed by atoms with van der Waals surface area (Å²) in [4.78, 5) is 9.57. The lowest BCUT2D eigenvalue weighted by atomic mass is 10.1. The molecule has 2 heterocycles. The first-order valence-corrected chi connectivity index (χ1v) is 10.9. The van der Waals surface area contributed by atoms with Crippen molar-refractivity contribution in [3.8, 4) is 0 Å². The van der Waals surface area contributed by atoms with E-state index in [-0.39, 0.29) is 0 Å². The second-order valence-electron chi connectivity index (χ2n) is 8.34. The second kappa shape index (κ2) is 9.72. The standard InChI is InChI=1S/C22H35N5O/c1-23-22(24-14-18-8-9-27(16-18)21-6-7-21)25-15-19-4-2-3-5-20(19)17-26-10-12-28-13-11-26/h2-5,18,21H,6-17H2,1H3,(H2,23,24,25). The molecule has 0 bridgehead atoms. The zero-order valence-electron chi connectivity index (χ0n) is 17.2. The zero-order valence-corrected chi connectivity index (χ0v) is 17.2. The molecule has 1 saturated carbocycles. The Morgan fingerprint density at radius 1 is 1.07 bits per heavy atom. The zero-order chi connectivity index (χ0) is 19.2. The summed E-state index contributed by atoms with van der Waals surface area (Å²) in [7, 11) is 1.86. The molecule has 3 aliphatic rings. The summed E-state index contributed by atoms with van der Waals surface area (Å²) in [5, 5.41) is 7.06. The number of hydrogen-bond acceptors (Lipinski definition) is 4. The second-order valence-corrected chi connectivity index (χ2v) is 8.34. The summed E-state index contributed by atoms with van der Waals surface area (Å²) < 4.78 is 5.47. The molecule has 154 valence electrons. The first-order chi connectivity index (χ1) is 13.8. The van der Waals surface area contributed by atoms with Crippen LogP contribution in [0.2, 0.25) is 0 Å². The third-order valence-corrected chi connectivity index (χ3v) is 6.22. The fourth-order valence-electron chi connectivity index (χ4n) is 4.33. The Balaban J connectivity index is 1.24.